The van der Waals surface area contributed by atoms with Crippen molar-refractivity contribution in [1.82, 2.24) is 50.3 Å². The normalized spacial score (nSPS) is 17.9. The minimum Gasteiger partial charge on any atom is -0.453 e. The van der Waals surface area contributed by atoms with Crippen LogP contribution in [0.2, 0.25) is 0 Å². The lowest BCUT2D eigenvalue weighted by Crippen LogP contribution is -2.51. The number of amides is 4. The van der Waals surface area contributed by atoms with E-state index in [1.165, 1.54) is 14.2 Å². The van der Waals surface area contributed by atoms with Gasteiger partial charge in [0.2, 0.25) is 11.8 Å². The molecule has 4 atom stereocenters. The van der Waals surface area contributed by atoms with Crippen LogP contribution in [0.25, 0.3) is 44.7 Å². The molecule has 0 saturated carbocycles. The van der Waals surface area contributed by atoms with Crippen molar-refractivity contribution in [1.29, 1.82) is 0 Å². The largest absolute Gasteiger partial charge is 0.453 e. The van der Waals surface area contributed by atoms with Crippen molar-refractivity contribution >= 4 is 35.0 Å². The van der Waals surface area contributed by atoms with Crippen molar-refractivity contribution in [2.24, 2.45) is 11.8 Å². The summed E-state index contributed by atoms with van der Waals surface area (Å²) in [6.07, 6.45) is 5.50. The molecule has 5 aromatic rings. The highest BCUT2D eigenvalue weighted by atomic mass is 16.5. The molecule has 3 aromatic heterocycles. The first kappa shape index (κ1) is 40.0. The minimum absolute atomic E-state index is 0.116. The van der Waals surface area contributed by atoms with Crippen molar-refractivity contribution in [3.05, 3.63) is 66.3 Å². The molecular weight excluding hydrogens is 741 g/mol. The van der Waals surface area contributed by atoms with Gasteiger partial charge in [0.05, 0.1) is 61.1 Å². The molecule has 0 spiro atoms. The number of aryl methyl sites for hydroxylation is 1. The number of nitrogens with zero attached hydrogens (tertiary/aromatic N) is 5. The van der Waals surface area contributed by atoms with Gasteiger partial charge in [-0.05, 0) is 61.6 Å². The first-order valence-corrected chi connectivity index (χ1v) is 19.9. The Morgan fingerprint density at radius 3 is 1.69 bits per heavy atom. The molecule has 2 fully saturated rings. The molecule has 0 radical (unpaired) electrons. The summed E-state index contributed by atoms with van der Waals surface area (Å²) < 4.78 is 9.55. The molecule has 0 aliphatic carbocycles. The molecule has 58 heavy (non-hydrogen) atoms. The van der Waals surface area contributed by atoms with Crippen molar-refractivity contribution in [2.45, 2.75) is 84.5 Å². The van der Waals surface area contributed by atoms with E-state index in [9.17, 15) is 19.2 Å². The number of fused-ring (bicyclic) bond motifs is 1. The molecule has 0 bridgehead atoms. The molecule has 5 N–H and O–H groups in total. The second kappa shape index (κ2) is 16.7. The fraction of sp³-hybridized carbons (Fsp3) is 0.452. The maximum atomic E-state index is 13.7. The summed E-state index contributed by atoms with van der Waals surface area (Å²) in [6.45, 7) is 10.7. The molecule has 2 aromatic carbocycles. The highest BCUT2D eigenvalue weighted by Gasteiger charge is 2.39. The second-order valence-corrected chi connectivity index (χ2v) is 15.7. The zero-order valence-corrected chi connectivity index (χ0v) is 34.0. The summed E-state index contributed by atoms with van der Waals surface area (Å²) in [6, 6.07) is 10.4. The van der Waals surface area contributed by atoms with Crippen molar-refractivity contribution in [3.63, 3.8) is 0 Å². The van der Waals surface area contributed by atoms with E-state index in [2.05, 4.69) is 43.8 Å². The van der Waals surface area contributed by atoms with Crippen molar-refractivity contribution in [2.75, 3.05) is 27.3 Å². The number of aromatic amines is 3. The number of hydrogen-bond acceptors (Lipinski definition) is 9. The molecule has 2 saturated heterocycles. The number of nitrogens with one attached hydrogen (secondary N) is 5. The lowest BCUT2D eigenvalue weighted by molar-refractivity contribution is -0.136. The van der Waals surface area contributed by atoms with Gasteiger partial charge in [0.15, 0.2) is 0 Å². The van der Waals surface area contributed by atoms with Crippen LogP contribution in [0.1, 0.15) is 82.9 Å². The predicted octanol–water partition coefficient (Wildman–Crippen LogP) is 6.41. The average Bonchev–Trinajstić information content (AvgIpc) is 4.06. The molecule has 4 unspecified atom stereocenters. The van der Waals surface area contributed by atoms with Gasteiger partial charge in [0, 0.05) is 24.2 Å². The van der Waals surface area contributed by atoms with Crippen LogP contribution in [0.3, 0.4) is 0 Å². The number of likely N-dealkylation sites (tertiary alicyclic amines) is 2. The van der Waals surface area contributed by atoms with Crippen LogP contribution in [0.4, 0.5) is 9.59 Å². The minimum atomic E-state index is -0.713. The second-order valence-electron chi connectivity index (χ2n) is 15.7. The third kappa shape index (κ3) is 7.87. The van der Waals surface area contributed by atoms with E-state index >= 15 is 0 Å². The summed E-state index contributed by atoms with van der Waals surface area (Å²) in [5, 5.41) is 5.40. The SMILES string of the molecule is COC(=O)NC(C(=O)N1CCCC1c1ncc(-c2ccc(-c3ccc(-c4cnc(C5CCCN5C(=O)C(NC(=O)OC)C(C)C)[nH]4)c4nc(C)[nH]c34)cc2)[nH]1)C(C)C. The quantitative estimate of drug-likeness (QED) is 0.100. The van der Waals surface area contributed by atoms with E-state index in [0.29, 0.717) is 24.7 Å². The smallest absolute Gasteiger partial charge is 0.407 e. The van der Waals surface area contributed by atoms with E-state index in [4.69, 9.17) is 24.4 Å². The molecule has 2 aliphatic heterocycles. The fourth-order valence-electron chi connectivity index (χ4n) is 8.18. The Bertz CT molecular complexity index is 2290. The number of rotatable bonds is 11. The van der Waals surface area contributed by atoms with Gasteiger partial charge in [0.1, 0.15) is 29.6 Å². The maximum absolute atomic E-state index is 13.7. The topological polar surface area (TPSA) is 203 Å². The molecule has 7 rings (SSSR count). The lowest BCUT2D eigenvalue weighted by atomic mass is 9.99. The number of hydrogen-bond donors (Lipinski definition) is 5. The van der Waals surface area contributed by atoms with Gasteiger partial charge in [-0.1, -0.05) is 58.0 Å². The molecular formula is C42H52N10O6. The molecule has 306 valence electrons. The molecule has 2 aliphatic rings. The average molecular weight is 793 g/mol. The van der Waals surface area contributed by atoms with E-state index in [0.717, 1.165) is 76.2 Å². The monoisotopic (exact) mass is 792 g/mol. The van der Waals surface area contributed by atoms with Crippen LogP contribution in [0.5, 0.6) is 0 Å². The Morgan fingerprint density at radius 2 is 1.17 bits per heavy atom. The number of methoxy groups -OCH3 is 2. The van der Waals surface area contributed by atoms with E-state index in [1.807, 2.05) is 52.8 Å². The van der Waals surface area contributed by atoms with Gasteiger partial charge in [-0.3, -0.25) is 9.59 Å². The van der Waals surface area contributed by atoms with Crippen LogP contribution in [-0.2, 0) is 19.1 Å². The Morgan fingerprint density at radius 1 is 0.690 bits per heavy atom. The van der Waals surface area contributed by atoms with Crippen LogP contribution < -0.4 is 10.6 Å². The Balaban J connectivity index is 1.09. The Hall–Kier alpha value is -6.19. The molecule has 16 heteroatoms. The van der Waals surface area contributed by atoms with Gasteiger partial charge in [0.25, 0.3) is 0 Å². The number of H-pyrrole nitrogens is 3. The van der Waals surface area contributed by atoms with Crippen molar-refractivity contribution < 1.29 is 28.7 Å². The van der Waals surface area contributed by atoms with Crippen LogP contribution in [0.15, 0.2) is 48.8 Å². The zero-order valence-electron chi connectivity index (χ0n) is 34.0. The number of carbonyl (C=O) groups is 4. The fourth-order valence-corrected chi connectivity index (χ4v) is 8.18. The number of carbonyl (C=O) groups excluding carboxylic acids is 4. The first-order chi connectivity index (χ1) is 27.9. The number of ether oxygens (including phenoxy) is 2. The standard InChI is InChI=1S/C42H52N10O6/c1-22(2)33(49-41(55)57-6)39(53)51-18-8-10-31(51)37-43-20-29(47-37)26-14-12-25(13-15-26)27-16-17-28(36-35(27)45-24(5)46-36)30-21-44-38(48-30)32-11-9-19-52(32)40(54)34(23(3)4)50-42(56)58-7/h12-17,20-23,31-34H,8-11,18-19H2,1-7H3,(H,43,47)(H,44,48)(H,45,46)(H,49,55)(H,50,56). The predicted molar refractivity (Wildman–Crippen MR) is 217 cm³/mol. The molecule has 5 heterocycles. The number of aromatic nitrogens is 6. The summed E-state index contributed by atoms with van der Waals surface area (Å²) >= 11 is 0. The lowest BCUT2D eigenvalue weighted by Gasteiger charge is -2.30. The Kier molecular flexibility index (Phi) is 11.5. The van der Waals surface area contributed by atoms with E-state index in [-0.39, 0.29) is 35.7 Å². The zero-order chi connectivity index (χ0) is 41.2. The van der Waals surface area contributed by atoms with Gasteiger partial charge in [-0.15, -0.1) is 0 Å². The van der Waals surface area contributed by atoms with Gasteiger partial charge >= 0.3 is 12.2 Å². The molecule has 4 amide bonds. The highest BCUT2D eigenvalue weighted by molar-refractivity contribution is 6.00. The van der Waals surface area contributed by atoms with Gasteiger partial charge in [-0.25, -0.2) is 24.5 Å². The van der Waals surface area contributed by atoms with Crippen molar-refractivity contribution in [3.8, 4) is 33.6 Å². The van der Waals surface area contributed by atoms with Gasteiger partial charge < -0.3 is 44.9 Å². The third-order valence-corrected chi connectivity index (χ3v) is 11.2. The third-order valence-electron chi connectivity index (χ3n) is 11.2. The summed E-state index contributed by atoms with van der Waals surface area (Å²) in [4.78, 5) is 79.6. The first-order valence-electron chi connectivity index (χ1n) is 19.9. The number of imidazole rings is 3. The number of benzene rings is 2. The molecule has 16 nitrogen and oxygen atoms in total. The van der Waals surface area contributed by atoms with Crippen LogP contribution >= 0.6 is 0 Å². The maximum Gasteiger partial charge on any atom is 0.407 e. The van der Waals surface area contributed by atoms with Gasteiger partial charge in [-0.2, -0.15) is 0 Å². The van der Waals surface area contributed by atoms with Crippen LogP contribution in [-0.4, -0.2) is 103 Å². The highest BCUT2D eigenvalue weighted by Crippen LogP contribution is 2.38. The van der Waals surface area contributed by atoms with E-state index in [1.54, 1.807) is 22.2 Å². The summed E-state index contributed by atoms with van der Waals surface area (Å²) in [7, 11) is 2.57. The summed E-state index contributed by atoms with van der Waals surface area (Å²) in [5.74, 6) is 1.62. The number of alkyl carbamates (subject to hydrolysis) is 2. The van der Waals surface area contributed by atoms with E-state index < -0.39 is 24.3 Å². The Labute approximate surface area is 336 Å². The summed E-state index contributed by atoms with van der Waals surface area (Å²) in [5.41, 5.74) is 7.13. The van der Waals surface area contributed by atoms with Crippen LogP contribution in [0, 0.1) is 18.8 Å².